The molecule has 0 saturated heterocycles. The van der Waals surface area contributed by atoms with Gasteiger partial charge in [-0.05, 0) is 17.7 Å². The monoisotopic (exact) mass is 255 g/mol. The summed E-state index contributed by atoms with van der Waals surface area (Å²) in [5, 5.41) is 8.66. The van der Waals surface area contributed by atoms with Gasteiger partial charge in [0.05, 0.1) is 12.5 Å². The molecule has 1 aromatic carbocycles. The first-order valence-corrected chi connectivity index (χ1v) is 4.65. The molecule has 1 aromatic rings. The van der Waals surface area contributed by atoms with Gasteiger partial charge in [-0.3, -0.25) is 0 Å². The van der Waals surface area contributed by atoms with E-state index >= 15 is 0 Å². The molecule has 0 aromatic heterocycles. The van der Waals surface area contributed by atoms with Gasteiger partial charge in [0.1, 0.15) is 11.6 Å². The summed E-state index contributed by atoms with van der Waals surface area (Å²) in [5.74, 6) is -4.56. The Morgan fingerprint density at radius 1 is 1.12 bits per heavy atom. The maximum Gasteiger partial charge on any atom is 0.397 e. The molecule has 0 unspecified atom stereocenters. The predicted octanol–water partition coefficient (Wildman–Crippen LogP) is 1.93. The summed E-state index contributed by atoms with van der Waals surface area (Å²) in [5.41, 5.74) is 4.48. The average molecular weight is 255 g/mol. The van der Waals surface area contributed by atoms with Gasteiger partial charge in [-0.25, -0.2) is 8.78 Å². The average Bonchev–Trinajstić information content (AvgIpc) is 2.13. The van der Waals surface area contributed by atoms with Crippen LogP contribution in [0.2, 0.25) is 0 Å². The van der Waals surface area contributed by atoms with Crippen LogP contribution in [0.25, 0.3) is 0 Å². The summed E-state index contributed by atoms with van der Waals surface area (Å²) in [6.07, 6.45) is -4.79. The van der Waals surface area contributed by atoms with Crippen LogP contribution >= 0.6 is 0 Å². The molecule has 2 nitrogen and oxygen atoms in total. The van der Waals surface area contributed by atoms with Gasteiger partial charge in [0.25, 0.3) is 0 Å². The third-order valence-electron chi connectivity index (χ3n) is 2.24. The lowest BCUT2D eigenvalue weighted by Gasteiger charge is -2.25. The fourth-order valence-electron chi connectivity index (χ4n) is 1.54. The Hall–Kier alpha value is -1.21. The molecule has 1 rings (SSSR count). The van der Waals surface area contributed by atoms with E-state index in [1.165, 1.54) is 0 Å². The van der Waals surface area contributed by atoms with Crippen molar-refractivity contribution in [2.75, 3.05) is 6.61 Å². The van der Waals surface area contributed by atoms with Gasteiger partial charge in [0, 0.05) is 12.1 Å². The fourth-order valence-corrected chi connectivity index (χ4v) is 1.54. The quantitative estimate of drug-likeness (QED) is 0.811. The number of aliphatic hydroxyl groups is 1. The Morgan fingerprint density at radius 2 is 1.59 bits per heavy atom. The first-order chi connectivity index (χ1) is 7.75. The van der Waals surface area contributed by atoms with Gasteiger partial charge < -0.3 is 10.8 Å². The molecule has 17 heavy (non-hydrogen) atoms. The fraction of sp³-hybridized carbons (Fsp3) is 0.400. The molecule has 2 atom stereocenters. The molecular weight excluding hydrogens is 245 g/mol. The Kier molecular flexibility index (Phi) is 4.05. The summed E-state index contributed by atoms with van der Waals surface area (Å²) < 4.78 is 63.7. The molecular formula is C10H10F5NO. The standard InChI is InChI=1S/C10H10F5NO/c11-6-1-5(2-7(12)3-6)9(8(16)4-17)10(13,14)15/h1-3,8-9,17H,4,16H2/t8-,9-/m0/s1. The van der Waals surface area contributed by atoms with Crippen LogP contribution in [0, 0.1) is 11.6 Å². The van der Waals surface area contributed by atoms with Crippen molar-refractivity contribution in [3.8, 4) is 0 Å². The van der Waals surface area contributed by atoms with Gasteiger partial charge in [-0.15, -0.1) is 0 Å². The van der Waals surface area contributed by atoms with E-state index in [0.717, 1.165) is 0 Å². The molecule has 3 N–H and O–H groups in total. The molecule has 0 heterocycles. The maximum absolute atomic E-state index is 12.8. The molecule has 0 amide bonds. The van der Waals surface area contributed by atoms with Crippen LogP contribution in [-0.2, 0) is 0 Å². The zero-order valence-corrected chi connectivity index (χ0v) is 8.51. The Morgan fingerprint density at radius 3 is 1.94 bits per heavy atom. The van der Waals surface area contributed by atoms with E-state index in [4.69, 9.17) is 10.8 Å². The number of rotatable bonds is 3. The number of hydrogen-bond donors (Lipinski definition) is 2. The lowest BCUT2D eigenvalue weighted by atomic mass is 9.91. The highest BCUT2D eigenvalue weighted by Gasteiger charge is 2.44. The number of hydrogen-bond acceptors (Lipinski definition) is 2. The van der Waals surface area contributed by atoms with Gasteiger partial charge >= 0.3 is 6.18 Å². The maximum atomic E-state index is 12.8. The lowest BCUT2D eigenvalue weighted by molar-refractivity contribution is -0.157. The van der Waals surface area contributed by atoms with E-state index in [-0.39, 0.29) is 0 Å². The van der Waals surface area contributed by atoms with Gasteiger partial charge in [-0.2, -0.15) is 13.2 Å². The molecule has 7 heteroatoms. The van der Waals surface area contributed by atoms with E-state index in [1.807, 2.05) is 0 Å². The van der Waals surface area contributed by atoms with E-state index in [9.17, 15) is 22.0 Å². The number of halogens is 5. The summed E-state index contributed by atoms with van der Waals surface area (Å²) in [6.45, 7) is -0.942. The molecule has 0 bridgehead atoms. The van der Waals surface area contributed by atoms with Crippen LogP contribution in [0.15, 0.2) is 18.2 Å². The smallest absolute Gasteiger partial charge is 0.395 e. The lowest BCUT2D eigenvalue weighted by Crippen LogP contribution is -2.40. The van der Waals surface area contributed by atoms with E-state index in [0.29, 0.717) is 18.2 Å². The molecule has 96 valence electrons. The number of alkyl halides is 3. The third-order valence-corrected chi connectivity index (χ3v) is 2.24. The zero-order valence-electron chi connectivity index (χ0n) is 8.51. The second-order valence-electron chi connectivity index (χ2n) is 3.57. The van der Waals surface area contributed by atoms with E-state index < -0.39 is 41.9 Å². The predicted molar refractivity (Wildman–Crippen MR) is 50.2 cm³/mol. The molecule has 0 spiro atoms. The van der Waals surface area contributed by atoms with Crippen LogP contribution in [0.3, 0.4) is 0 Å². The second-order valence-corrected chi connectivity index (χ2v) is 3.57. The van der Waals surface area contributed by atoms with Crippen LogP contribution < -0.4 is 5.73 Å². The normalized spacial score (nSPS) is 15.7. The minimum Gasteiger partial charge on any atom is -0.395 e. The first kappa shape index (κ1) is 13.9. The first-order valence-electron chi connectivity index (χ1n) is 4.65. The van der Waals surface area contributed by atoms with Crippen molar-refractivity contribution in [2.24, 2.45) is 5.73 Å². The zero-order chi connectivity index (χ0) is 13.2. The van der Waals surface area contributed by atoms with Gasteiger partial charge in [0.15, 0.2) is 0 Å². The number of benzene rings is 1. The highest BCUT2D eigenvalue weighted by atomic mass is 19.4. The molecule has 0 aliphatic heterocycles. The van der Waals surface area contributed by atoms with Gasteiger partial charge in [0.2, 0.25) is 0 Å². The molecule has 0 saturated carbocycles. The highest BCUT2D eigenvalue weighted by Crippen LogP contribution is 2.37. The van der Waals surface area contributed by atoms with E-state index in [1.54, 1.807) is 0 Å². The molecule has 0 fully saturated rings. The minimum atomic E-state index is -4.79. The molecule has 0 aliphatic carbocycles. The summed E-state index contributed by atoms with van der Waals surface area (Å²) in [7, 11) is 0. The number of aliphatic hydroxyl groups excluding tert-OH is 1. The van der Waals surface area contributed by atoms with Crippen molar-refractivity contribution >= 4 is 0 Å². The third kappa shape index (κ3) is 3.37. The topological polar surface area (TPSA) is 46.2 Å². The van der Waals surface area contributed by atoms with Crippen LogP contribution in [-0.4, -0.2) is 23.9 Å². The Balaban J connectivity index is 3.22. The van der Waals surface area contributed by atoms with Crippen molar-refractivity contribution in [3.05, 3.63) is 35.4 Å². The van der Waals surface area contributed by atoms with Crippen molar-refractivity contribution in [2.45, 2.75) is 18.1 Å². The van der Waals surface area contributed by atoms with E-state index in [2.05, 4.69) is 0 Å². The van der Waals surface area contributed by atoms with Crippen molar-refractivity contribution in [1.29, 1.82) is 0 Å². The summed E-state index contributed by atoms with van der Waals surface area (Å²) >= 11 is 0. The summed E-state index contributed by atoms with van der Waals surface area (Å²) in [4.78, 5) is 0. The second kappa shape index (κ2) is 4.97. The molecule has 0 aliphatic rings. The van der Waals surface area contributed by atoms with Crippen LogP contribution in [0.4, 0.5) is 22.0 Å². The van der Waals surface area contributed by atoms with Crippen LogP contribution in [0.1, 0.15) is 11.5 Å². The summed E-state index contributed by atoms with van der Waals surface area (Å²) in [6, 6.07) is -0.106. The van der Waals surface area contributed by atoms with Gasteiger partial charge in [-0.1, -0.05) is 0 Å². The SMILES string of the molecule is N[C@@H](CO)[C@H](c1cc(F)cc(F)c1)C(F)(F)F. The van der Waals surface area contributed by atoms with Crippen molar-refractivity contribution in [1.82, 2.24) is 0 Å². The minimum absolute atomic E-state index is 0.460. The van der Waals surface area contributed by atoms with Crippen molar-refractivity contribution in [3.63, 3.8) is 0 Å². The Bertz CT molecular complexity index is 373. The van der Waals surface area contributed by atoms with Crippen molar-refractivity contribution < 1.29 is 27.1 Å². The molecule has 0 radical (unpaired) electrons. The van der Waals surface area contributed by atoms with Crippen LogP contribution in [0.5, 0.6) is 0 Å². The Labute approximate surface area is 93.9 Å². The number of nitrogens with two attached hydrogens (primary N) is 1. The highest BCUT2D eigenvalue weighted by molar-refractivity contribution is 5.25. The largest absolute Gasteiger partial charge is 0.397 e.